The molecule has 1 fully saturated rings. The highest BCUT2D eigenvalue weighted by molar-refractivity contribution is 5.48. The van der Waals surface area contributed by atoms with Crippen LogP contribution in [0.2, 0.25) is 0 Å². The largest absolute Gasteiger partial charge is 0.375 e. The van der Waals surface area contributed by atoms with E-state index in [0.29, 0.717) is 5.82 Å². The number of anilines is 2. The SMILES string of the molecule is CCC1CN(c2cc(NN)ncn2)CCO1. The van der Waals surface area contributed by atoms with E-state index in [2.05, 4.69) is 27.2 Å². The molecule has 0 spiro atoms. The predicted octanol–water partition coefficient (Wildman–Crippen LogP) is 0.377. The van der Waals surface area contributed by atoms with Crippen molar-refractivity contribution < 1.29 is 4.74 Å². The van der Waals surface area contributed by atoms with E-state index in [1.54, 1.807) is 0 Å². The van der Waals surface area contributed by atoms with Gasteiger partial charge in [0.25, 0.3) is 0 Å². The van der Waals surface area contributed by atoms with E-state index in [9.17, 15) is 0 Å². The maximum atomic E-state index is 5.61. The summed E-state index contributed by atoms with van der Waals surface area (Å²) in [6.07, 6.45) is 2.82. The van der Waals surface area contributed by atoms with Crippen molar-refractivity contribution in [3.8, 4) is 0 Å². The Bertz CT molecular complexity index is 346. The maximum Gasteiger partial charge on any atom is 0.145 e. The number of morpholine rings is 1. The molecule has 1 aromatic rings. The molecule has 0 aromatic carbocycles. The fourth-order valence-corrected chi connectivity index (χ4v) is 1.77. The molecule has 1 unspecified atom stereocenters. The average molecular weight is 223 g/mol. The Morgan fingerprint density at radius 3 is 3.25 bits per heavy atom. The summed E-state index contributed by atoms with van der Waals surface area (Å²) < 4.78 is 5.61. The van der Waals surface area contributed by atoms with Crippen LogP contribution in [0.1, 0.15) is 13.3 Å². The summed E-state index contributed by atoms with van der Waals surface area (Å²) in [4.78, 5) is 10.4. The lowest BCUT2D eigenvalue weighted by molar-refractivity contribution is 0.0381. The van der Waals surface area contributed by atoms with E-state index in [-0.39, 0.29) is 6.10 Å². The second kappa shape index (κ2) is 5.09. The molecule has 0 bridgehead atoms. The molecule has 1 aliphatic heterocycles. The van der Waals surface area contributed by atoms with Crippen LogP contribution in [-0.4, -0.2) is 35.8 Å². The van der Waals surface area contributed by atoms with Gasteiger partial charge in [0, 0.05) is 19.2 Å². The Morgan fingerprint density at radius 2 is 2.50 bits per heavy atom. The molecule has 1 aliphatic rings. The number of nitrogens with zero attached hydrogens (tertiary/aromatic N) is 3. The zero-order chi connectivity index (χ0) is 11.4. The molecular formula is C10H17N5O. The molecule has 6 heteroatoms. The molecule has 6 nitrogen and oxygen atoms in total. The fraction of sp³-hybridized carbons (Fsp3) is 0.600. The van der Waals surface area contributed by atoms with E-state index in [4.69, 9.17) is 10.6 Å². The monoisotopic (exact) mass is 223 g/mol. The van der Waals surface area contributed by atoms with Gasteiger partial charge in [-0.3, -0.25) is 0 Å². The number of rotatable bonds is 3. The molecule has 88 valence electrons. The lowest BCUT2D eigenvalue weighted by Crippen LogP contribution is -2.42. The third kappa shape index (κ3) is 2.40. The van der Waals surface area contributed by atoms with Gasteiger partial charge in [-0.15, -0.1) is 0 Å². The van der Waals surface area contributed by atoms with Crippen molar-refractivity contribution in [2.45, 2.75) is 19.4 Å². The molecule has 16 heavy (non-hydrogen) atoms. The molecule has 0 amide bonds. The van der Waals surface area contributed by atoms with Gasteiger partial charge < -0.3 is 15.1 Å². The van der Waals surface area contributed by atoms with Crippen molar-refractivity contribution in [3.63, 3.8) is 0 Å². The molecule has 1 saturated heterocycles. The number of hydrogen-bond acceptors (Lipinski definition) is 6. The molecule has 0 saturated carbocycles. The highest BCUT2D eigenvalue weighted by Crippen LogP contribution is 2.17. The first-order chi connectivity index (χ1) is 7.83. The van der Waals surface area contributed by atoms with E-state index < -0.39 is 0 Å². The number of hydrazine groups is 1. The van der Waals surface area contributed by atoms with E-state index in [1.807, 2.05) is 6.07 Å². The second-order valence-electron chi connectivity index (χ2n) is 3.75. The smallest absolute Gasteiger partial charge is 0.145 e. The zero-order valence-electron chi connectivity index (χ0n) is 9.39. The number of nitrogens with two attached hydrogens (primary N) is 1. The topological polar surface area (TPSA) is 76.3 Å². The quantitative estimate of drug-likeness (QED) is 0.570. The van der Waals surface area contributed by atoms with Crippen molar-refractivity contribution in [1.82, 2.24) is 9.97 Å². The fourth-order valence-electron chi connectivity index (χ4n) is 1.77. The Labute approximate surface area is 94.8 Å². The van der Waals surface area contributed by atoms with Crippen molar-refractivity contribution in [2.75, 3.05) is 30.0 Å². The number of aromatic nitrogens is 2. The molecule has 1 aromatic heterocycles. The van der Waals surface area contributed by atoms with Crippen LogP contribution in [-0.2, 0) is 4.74 Å². The van der Waals surface area contributed by atoms with Gasteiger partial charge in [0.05, 0.1) is 12.7 Å². The molecule has 2 rings (SSSR count). The molecule has 3 N–H and O–H groups in total. The number of nitrogens with one attached hydrogen (secondary N) is 1. The van der Waals surface area contributed by atoms with Crippen LogP contribution in [0, 0.1) is 0 Å². The molecule has 1 atom stereocenters. The minimum absolute atomic E-state index is 0.290. The summed E-state index contributed by atoms with van der Waals surface area (Å²) in [6.45, 7) is 4.60. The van der Waals surface area contributed by atoms with E-state index in [0.717, 1.165) is 31.9 Å². The van der Waals surface area contributed by atoms with Crippen molar-refractivity contribution in [2.24, 2.45) is 5.84 Å². The Balaban J connectivity index is 2.10. The number of hydrogen-bond donors (Lipinski definition) is 2. The molecule has 0 aliphatic carbocycles. The summed E-state index contributed by atoms with van der Waals surface area (Å²) >= 11 is 0. The Hall–Kier alpha value is -1.40. The summed E-state index contributed by atoms with van der Waals surface area (Å²) in [5, 5.41) is 0. The Morgan fingerprint density at radius 1 is 1.62 bits per heavy atom. The van der Waals surface area contributed by atoms with Crippen LogP contribution in [0.15, 0.2) is 12.4 Å². The van der Waals surface area contributed by atoms with Crippen LogP contribution in [0.25, 0.3) is 0 Å². The van der Waals surface area contributed by atoms with E-state index >= 15 is 0 Å². The summed E-state index contributed by atoms with van der Waals surface area (Å²) in [6, 6.07) is 1.85. The van der Waals surface area contributed by atoms with Gasteiger partial charge in [-0.25, -0.2) is 15.8 Å². The summed E-state index contributed by atoms with van der Waals surface area (Å²) in [5.74, 6) is 6.84. The molecule has 2 heterocycles. The minimum Gasteiger partial charge on any atom is -0.375 e. The van der Waals surface area contributed by atoms with Gasteiger partial charge in [0.2, 0.25) is 0 Å². The summed E-state index contributed by atoms with van der Waals surface area (Å²) in [7, 11) is 0. The number of nitrogen functional groups attached to an aromatic ring is 1. The lowest BCUT2D eigenvalue weighted by Gasteiger charge is -2.33. The van der Waals surface area contributed by atoms with Crippen LogP contribution < -0.4 is 16.2 Å². The van der Waals surface area contributed by atoms with Crippen LogP contribution in [0.5, 0.6) is 0 Å². The van der Waals surface area contributed by atoms with Gasteiger partial charge in [0.15, 0.2) is 0 Å². The first-order valence-electron chi connectivity index (χ1n) is 5.48. The van der Waals surface area contributed by atoms with Gasteiger partial charge in [-0.05, 0) is 6.42 Å². The summed E-state index contributed by atoms with van der Waals surface area (Å²) in [5.41, 5.74) is 2.52. The standard InChI is InChI=1S/C10H17N5O/c1-2-8-6-15(3-4-16-8)10-5-9(14-11)12-7-13-10/h5,7-8H,2-4,6,11H2,1H3,(H,12,13,14). The third-order valence-corrected chi connectivity index (χ3v) is 2.72. The third-order valence-electron chi connectivity index (χ3n) is 2.72. The van der Waals surface area contributed by atoms with Crippen molar-refractivity contribution in [1.29, 1.82) is 0 Å². The second-order valence-corrected chi connectivity index (χ2v) is 3.75. The first-order valence-corrected chi connectivity index (χ1v) is 5.48. The maximum absolute atomic E-state index is 5.61. The average Bonchev–Trinajstić information content (AvgIpc) is 2.39. The zero-order valence-corrected chi connectivity index (χ0v) is 9.39. The van der Waals surface area contributed by atoms with Gasteiger partial charge >= 0.3 is 0 Å². The highest BCUT2D eigenvalue weighted by Gasteiger charge is 2.20. The first kappa shape index (κ1) is 11.1. The van der Waals surface area contributed by atoms with Gasteiger partial charge in [0.1, 0.15) is 18.0 Å². The van der Waals surface area contributed by atoms with Gasteiger partial charge in [-0.2, -0.15) is 0 Å². The van der Waals surface area contributed by atoms with Crippen molar-refractivity contribution >= 4 is 11.6 Å². The highest BCUT2D eigenvalue weighted by atomic mass is 16.5. The van der Waals surface area contributed by atoms with Crippen LogP contribution in [0.3, 0.4) is 0 Å². The Kier molecular flexibility index (Phi) is 3.53. The molecule has 0 radical (unpaired) electrons. The molecular weight excluding hydrogens is 206 g/mol. The number of ether oxygens (including phenoxy) is 1. The normalized spacial score (nSPS) is 20.9. The van der Waals surface area contributed by atoms with Gasteiger partial charge in [-0.1, -0.05) is 6.92 Å². The van der Waals surface area contributed by atoms with Crippen LogP contribution in [0.4, 0.5) is 11.6 Å². The minimum atomic E-state index is 0.290. The van der Waals surface area contributed by atoms with Crippen LogP contribution >= 0.6 is 0 Å². The van der Waals surface area contributed by atoms with E-state index in [1.165, 1.54) is 6.33 Å². The lowest BCUT2D eigenvalue weighted by atomic mass is 10.2. The van der Waals surface area contributed by atoms with Crippen molar-refractivity contribution in [3.05, 3.63) is 12.4 Å². The predicted molar refractivity (Wildman–Crippen MR) is 62.1 cm³/mol.